The van der Waals surface area contributed by atoms with Crippen molar-refractivity contribution >= 4 is 28.2 Å². The molecule has 7 nitrogen and oxygen atoms in total. The van der Waals surface area contributed by atoms with E-state index in [-0.39, 0.29) is 71.3 Å². The fraction of sp³-hybridized carbons (Fsp3) is 0.364. The summed E-state index contributed by atoms with van der Waals surface area (Å²) in [6, 6.07) is 3.40. The van der Waals surface area contributed by atoms with Crippen molar-refractivity contribution in [2.24, 2.45) is 4.99 Å². The van der Waals surface area contributed by atoms with Crippen LogP contribution >= 0.6 is 11.6 Å². The van der Waals surface area contributed by atoms with Crippen molar-refractivity contribution in [2.75, 3.05) is 19.9 Å². The zero-order valence-corrected chi connectivity index (χ0v) is 15.9. The summed E-state index contributed by atoms with van der Waals surface area (Å²) >= 11 is 5.96. The molecule has 0 N–H and O–H groups in total. The van der Waals surface area contributed by atoms with E-state index in [9.17, 15) is 13.0 Å². The van der Waals surface area contributed by atoms with E-state index in [2.05, 4.69) is 9.18 Å². The number of hydrogen-bond donors (Lipinski definition) is 0. The Morgan fingerprint density at radius 2 is 2.24 bits per heavy atom. The van der Waals surface area contributed by atoms with E-state index in [1.807, 2.05) is 0 Å². The van der Waals surface area contributed by atoms with Gasteiger partial charge < -0.3 is 14.0 Å². The van der Waals surface area contributed by atoms with Crippen LogP contribution in [0.5, 0.6) is 5.75 Å². The van der Waals surface area contributed by atoms with Crippen molar-refractivity contribution < 1.29 is 78.0 Å². The summed E-state index contributed by atoms with van der Waals surface area (Å²) in [6.45, 7) is 0.260. The molecule has 0 unspecified atom stereocenters. The van der Waals surface area contributed by atoms with Gasteiger partial charge in [-0.3, -0.25) is 9.18 Å². The molecule has 110 valence electrons. The second-order valence-electron chi connectivity index (χ2n) is 3.86. The molecule has 0 saturated carbocycles. The van der Waals surface area contributed by atoms with Crippen molar-refractivity contribution in [3.05, 3.63) is 28.3 Å². The fourth-order valence-electron chi connectivity index (χ4n) is 1.66. The largest absolute Gasteiger partial charge is 1.00 e. The Balaban J connectivity index is 0.00000220. The Morgan fingerprint density at radius 1 is 1.48 bits per heavy atom. The van der Waals surface area contributed by atoms with Gasteiger partial charge in [0.2, 0.25) is 10.4 Å². The van der Waals surface area contributed by atoms with Gasteiger partial charge in [-0.2, -0.15) is 0 Å². The molecular weight excluding hydrogens is 349 g/mol. The predicted molar refractivity (Wildman–Crippen MR) is 69.8 cm³/mol. The minimum Gasteiger partial charge on any atom is -0.726 e. The van der Waals surface area contributed by atoms with E-state index in [1.54, 1.807) is 12.1 Å². The second-order valence-corrected chi connectivity index (χ2v) is 5.35. The first-order valence-corrected chi connectivity index (χ1v) is 7.30. The van der Waals surface area contributed by atoms with E-state index >= 15 is 0 Å². The monoisotopic (exact) mass is 359 g/mol. The molecule has 1 aliphatic rings. The van der Waals surface area contributed by atoms with Gasteiger partial charge in [0, 0.05) is 22.4 Å². The number of benzene rings is 1. The van der Waals surface area contributed by atoms with Gasteiger partial charge in [-0.05, 0) is 12.1 Å². The van der Waals surface area contributed by atoms with Gasteiger partial charge in [0.1, 0.15) is 5.75 Å². The smallest absolute Gasteiger partial charge is 0.726 e. The first-order valence-electron chi connectivity index (χ1n) is 5.59. The number of ether oxygens (including phenoxy) is 2. The van der Waals surface area contributed by atoms with E-state index in [0.29, 0.717) is 22.9 Å². The number of halogens is 1. The third-order valence-electron chi connectivity index (χ3n) is 2.38. The summed E-state index contributed by atoms with van der Waals surface area (Å²) in [5.41, 5.74) is 1.46. The molecule has 0 spiro atoms. The van der Waals surface area contributed by atoms with Gasteiger partial charge in [0.15, 0.2) is 6.79 Å². The van der Waals surface area contributed by atoms with Crippen LogP contribution in [0.2, 0.25) is 5.02 Å². The second kappa shape index (κ2) is 8.92. The van der Waals surface area contributed by atoms with Gasteiger partial charge >= 0.3 is 51.4 Å². The van der Waals surface area contributed by atoms with Gasteiger partial charge in [-0.1, -0.05) is 11.6 Å². The predicted octanol–water partition coefficient (Wildman–Crippen LogP) is -1.89. The molecule has 0 bridgehead atoms. The van der Waals surface area contributed by atoms with E-state index in [0.717, 1.165) is 5.56 Å². The number of fused-ring (bicyclic) bond motifs is 1. The molecule has 21 heavy (non-hydrogen) atoms. The van der Waals surface area contributed by atoms with Crippen LogP contribution in [0.25, 0.3) is 0 Å². The van der Waals surface area contributed by atoms with E-state index < -0.39 is 10.4 Å². The fourth-order valence-corrected chi connectivity index (χ4v) is 2.19. The van der Waals surface area contributed by atoms with Crippen molar-refractivity contribution in [1.82, 2.24) is 0 Å². The summed E-state index contributed by atoms with van der Waals surface area (Å²) in [5.74, 6) is 0.627. The Morgan fingerprint density at radius 3 is 2.95 bits per heavy atom. The minimum atomic E-state index is -4.68. The van der Waals surface area contributed by atoms with Crippen LogP contribution in [0, 0.1) is 0 Å². The number of rotatable bonds is 5. The zero-order valence-electron chi connectivity index (χ0n) is 11.2. The van der Waals surface area contributed by atoms with Crippen molar-refractivity contribution in [1.29, 1.82) is 0 Å². The van der Waals surface area contributed by atoms with Crippen LogP contribution in [0.1, 0.15) is 11.1 Å². The number of nitrogens with zero attached hydrogens (tertiary/aromatic N) is 1. The summed E-state index contributed by atoms with van der Waals surface area (Å²) in [4.78, 5) is 3.96. The summed E-state index contributed by atoms with van der Waals surface area (Å²) in [7, 11) is -4.68. The van der Waals surface area contributed by atoms with Crippen LogP contribution in [0.15, 0.2) is 17.1 Å². The standard InChI is InChI=1S/C11H12ClNO6S.K/c12-10-3-8(5-13-1-2-19-20(14,15)16)11-9(4-10)6-17-7-18-11;/h3-5H,1-2,6-7H2,(H,14,15,16);/q;+1/p-1. The zero-order chi connectivity index (χ0) is 14.6. The average Bonchev–Trinajstić information content (AvgIpc) is 2.36. The molecule has 0 amide bonds. The molecule has 10 heteroatoms. The van der Waals surface area contributed by atoms with Crippen LogP contribution in [0.3, 0.4) is 0 Å². The third kappa shape index (κ3) is 6.61. The Bertz CT molecular complexity index is 621. The molecule has 0 radical (unpaired) electrons. The number of aliphatic imine (C=N–C) groups is 1. The van der Waals surface area contributed by atoms with Crippen molar-refractivity contribution in [3.63, 3.8) is 0 Å². The van der Waals surface area contributed by atoms with Crippen LogP contribution in [-0.2, 0) is 25.9 Å². The third-order valence-corrected chi connectivity index (χ3v) is 3.06. The topological polar surface area (TPSA) is 97.3 Å². The molecule has 0 aromatic heterocycles. The van der Waals surface area contributed by atoms with Crippen LogP contribution in [-0.4, -0.2) is 39.1 Å². The molecule has 1 heterocycles. The van der Waals surface area contributed by atoms with Gasteiger partial charge in [0.25, 0.3) is 0 Å². The minimum absolute atomic E-state index is 0. The van der Waals surface area contributed by atoms with Crippen LogP contribution in [0.4, 0.5) is 0 Å². The molecular formula is C11H11ClKNO6S. The molecule has 0 aliphatic carbocycles. The number of hydrogen-bond acceptors (Lipinski definition) is 7. The molecule has 1 aromatic carbocycles. The van der Waals surface area contributed by atoms with E-state index in [4.69, 9.17) is 21.1 Å². The maximum atomic E-state index is 10.2. The SMILES string of the molecule is O=S(=O)([O-])OCCN=Cc1cc(Cl)cc2c1OCOC2.[K+]. The van der Waals surface area contributed by atoms with Crippen LogP contribution < -0.4 is 56.1 Å². The Kier molecular flexibility index (Phi) is 8.28. The molecule has 0 atom stereocenters. The van der Waals surface area contributed by atoms with Crippen molar-refractivity contribution in [3.8, 4) is 5.75 Å². The first kappa shape index (κ1) is 19.5. The molecule has 1 aliphatic heterocycles. The molecule has 1 aromatic rings. The first-order chi connectivity index (χ1) is 9.46. The van der Waals surface area contributed by atoms with Gasteiger partial charge in [-0.15, -0.1) is 0 Å². The van der Waals surface area contributed by atoms with Crippen molar-refractivity contribution in [2.45, 2.75) is 6.61 Å². The summed E-state index contributed by atoms with van der Waals surface area (Å²) in [5, 5.41) is 0.512. The average molecular weight is 360 g/mol. The van der Waals surface area contributed by atoms with Gasteiger partial charge in [0.05, 0.1) is 19.8 Å². The summed E-state index contributed by atoms with van der Waals surface area (Å²) in [6.07, 6.45) is 1.48. The van der Waals surface area contributed by atoms with Gasteiger partial charge in [-0.25, -0.2) is 8.42 Å². The molecule has 0 saturated heterocycles. The normalized spacial score (nSPS) is 14.4. The quantitative estimate of drug-likeness (QED) is 0.200. The maximum Gasteiger partial charge on any atom is 1.00 e. The molecule has 0 fully saturated rings. The Hall–Kier alpha value is 0.446. The van der Waals surface area contributed by atoms with E-state index in [1.165, 1.54) is 6.21 Å². The Labute approximate surface area is 170 Å². The summed E-state index contributed by atoms with van der Waals surface area (Å²) < 4.78 is 45.2. The maximum absolute atomic E-state index is 10.2. The molecule has 2 rings (SSSR count).